The molecule has 0 aliphatic heterocycles. The SMILES string of the molecule is O=C1CCC(c2ccc(Cl)nc2)C1.OC1CCC(c2ccc(Cl)nc2)C1.[B].[H-].[Na+]. The third-order valence-electron chi connectivity index (χ3n) is 5.09. The summed E-state index contributed by atoms with van der Waals surface area (Å²) in [4.78, 5) is 19.1. The Morgan fingerprint density at radius 2 is 1.50 bits per heavy atom. The molecule has 143 valence electrons. The number of hydrogen-bond donors (Lipinski definition) is 1. The van der Waals surface area contributed by atoms with Crippen LogP contribution in [0.4, 0.5) is 0 Å². The summed E-state index contributed by atoms with van der Waals surface area (Å²) < 4.78 is 0. The quantitative estimate of drug-likeness (QED) is 0.584. The Balaban J connectivity index is 0.000000490. The van der Waals surface area contributed by atoms with Crippen LogP contribution in [0.1, 0.15) is 62.9 Å². The number of carbonyl (C=O) groups is 1. The number of nitrogens with zero attached hydrogens (tertiary/aromatic N) is 2. The molecule has 2 aromatic rings. The molecule has 0 amide bonds. The second kappa shape index (κ2) is 12.3. The Labute approximate surface area is 201 Å². The molecule has 2 aliphatic carbocycles. The molecule has 28 heavy (non-hydrogen) atoms. The summed E-state index contributed by atoms with van der Waals surface area (Å²) >= 11 is 11.4. The van der Waals surface area contributed by atoms with E-state index in [9.17, 15) is 9.90 Å². The van der Waals surface area contributed by atoms with Gasteiger partial charge < -0.3 is 6.53 Å². The molecule has 3 radical (unpaired) electrons. The number of aromatic nitrogens is 2. The van der Waals surface area contributed by atoms with Gasteiger partial charge in [-0.05, 0) is 60.8 Å². The molecule has 0 saturated heterocycles. The van der Waals surface area contributed by atoms with Gasteiger partial charge in [0.25, 0.3) is 0 Å². The fourth-order valence-corrected chi connectivity index (χ4v) is 3.84. The molecule has 0 bridgehead atoms. The van der Waals surface area contributed by atoms with E-state index in [2.05, 4.69) is 9.97 Å². The molecule has 2 fully saturated rings. The Kier molecular flexibility index (Phi) is 11.3. The number of ketones is 1. The molecular formula is C20H23BCl2N2NaO2. The predicted molar refractivity (Wildman–Crippen MR) is 110 cm³/mol. The van der Waals surface area contributed by atoms with Crippen molar-refractivity contribution in [2.45, 2.75) is 56.5 Å². The number of halogens is 2. The van der Waals surface area contributed by atoms with E-state index < -0.39 is 0 Å². The third-order valence-corrected chi connectivity index (χ3v) is 5.54. The molecule has 0 aromatic carbocycles. The normalized spacial score (nSPS) is 23.2. The Hall–Kier alpha value is -0.425. The molecule has 2 aliphatic rings. The maximum Gasteiger partial charge on any atom is 1.00 e. The molecule has 2 heterocycles. The van der Waals surface area contributed by atoms with Gasteiger partial charge in [0.2, 0.25) is 0 Å². The van der Waals surface area contributed by atoms with E-state index in [1.54, 1.807) is 12.3 Å². The van der Waals surface area contributed by atoms with Crippen molar-refractivity contribution in [2.75, 3.05) is 0 Å². The van der Waals surface area contributed by atoms with Gasteiger partial charge in [0.15, 0.2) is 0 Å². The largest absolute Gasteiger partial charge is 1.00 e. The first kappa shape index (κ1) is 25.6. The van der Waals surface area contributed by atoms with E-state index >= 15 is 0 Å². The van der Waals surface area contributed by atoms with Crippen molar-refractivity contribution in [3.63, 3.8) is 0 Å². The monoisotopic (exact) mass is 427 g/mol. The Morgan fingerprint density at radius 3 is 1.89 bits per heavy atom. The minimum Gasteiger partial charge on any atom is -1.00 e. The van der Waals surface area contributed by atoms with Crippen LogP contribution in [0.25, 0.3) is 0 Å². The van der Waals surface area contributed by atoms with Crippen LogP contribution in [0.5, 0.6) is 0 Å². The van der Waals surface area contributed by atoms with E-state index in [0.29, 0.717) is 40.8 Å². The van der Waals surface area contributed by atoms with Gasteiger partial charge in [0.1, 0.15) is 16.1 Å². The van der Waals surface area contributed by atoms with Gasteiger partial charge in [0.05, 0.1) is 6.10 Å². The van der Waals surface area contributed by atoms with Crippen LogP contribution in [0, 0.1) is 0 Å². The van der Waals surface area contributed by atoms with Gasteiger partial charge in [-0.1, -0.05) is 35.3 Å². The molecule has 3 atom stereocenters. The molecule has 4 rings (SSSR count). The fourth-order valence-electron chi connectivity index (χ4n) is 3.62. The summed E-state index contributed by atoms with van der Waals surface area (Å²) in [6.45, 7) is 0. The number of Topliss-reactive ketones (excluding diaryl/α,β-unsaturated/α-hetero) is 1. The number of rotatable bonds is 2. The number of aliphatic hydroxyl groups excluding tert-OH is 1. The topological polar surface area (TPSA) is 63.1 Å². The fraction of sp³-hybridized carbons (Fsp3) is 0.450. The van der Waals surface area contributed by atoms with Crippen molar-refractivity contribution in [3.05, 3.63) is 58.1 Å². The van der Waals surface area contributed by atoms with E-state index in [1.165, 1.54) is 5.56 Å². The Bertz CT molecular complexity index is 753. The van der Waals surface area contributed by atoms with Crippen LogP contribution >= 0.6 is 23.2 Å². The van der Waals surface area contributed by atoms with Gasteiger partial charge in [-0.3, -0.25) is 4.79 Å². The molecule has 1 N–H and O–H groups in total. The summed E-state index contributed by atoms with van der Waals surface area (Å²) in [5.41, 5.74) is 2.33. The second-order valence-corrected chi connectivity index (χ2v) is 7.75. The first-order valence-corrected chi connectivity index (χ1v) is 9.69. The van der Waals surface area contributed by atoms with Gasteiger partial charge in [-0.2, -0.15) is 0 Å². The van der Waals surface area contributed by atoms with Crippen LogP contribution in [-0.4, -0.2) is 35.4 Å². The first-order chi connectivity index (χ1) is 12.5. The van der Waals surface area contributed by atoms with E-state index in [1.807, 2.05) is 24.4 Å². The minimum atomic E-state index is -0.124. The molecular weight excluding hydrogens is 405 g/mol. The third kappa shape index (κ3) is 7.44. The van der Waals surface area contributed by atoms with E-state index in [0.717, 1.165) is 31.2 Å². The molecule has 2 aromatic heterocycles. The van der Waals surface area contributed by atoms with Crippen molar-refractivity contribution in [1.82, 2.24) is 9.97 Å². The van der Waals surface area contributed by atoms with Crippen LogP contribution < -0.4 is 29.6 Å². The van der Waals surface area contributed by atoms with Crippen LogP contribution in [-0.2, 0) is 4.79 Å². The molecule has 4 nitrogen and oxygen atoms in total. The molecule has 2 saturated carbocycles. The zero-order valence-corrected chi connectivity index (χ0v) is 19.5. The van der Waals surface area contributed by atoms with Gasteiger partial charge in [-0.25, -0.2) is 9.97 Å². The van der Waals surface area contributed by atoms with Crippen LogP contribution in [0.3, 0.4) is 0 Å². The summed E-state index contributed by atoms with van der Waals surface area (Å²) in [5.74, 6) is 1.21. The van der Waals surface area contributed by atoms with Crippen molar-refractivity contribution >= 4 is 37.4 Å². The number of aliphatic hydroxyl groups is 1. The van der Waals surface area contributed by atoms with Gasteiger partial charge in [-0.15, -0.1) is 0 Å². The second-order valence-electron chi connectivity index (χ2n) is 6.97. The molecule has 8 heteroatoms. The number of carbonyl (C=O) groups excluding carboxylic acids is 1. The smallest absolute Gasteiger partial charge is 1.00 e. The van der Waals surface area contributed by atoms with Crippen LogP contribution in [0.2, 0.25) is 10.3 Å². The van der Waals surface area contributed by atoms with Crippen molar-refractivity contribution in [1.29, 1.82) is 0 Å². The van der Waals surface area contributed by atoms with E-state index in [4.69, 9.17) is 23.2 Å². The maximum absolute atomic E-state index is 11.0. The zero-order chi connectivity index (χ0) is 18.5. The average Bonchev–Trinajstić information content (AvgIpc) is 3.25. The van der Waals surface area contributed by atoms with Crippen molar-refractivity contribution in [3.8, 4) is 0 Å². The summed E-state index contributed by atoms with van der Waals surface area (Å²) in [5, 5.41) is 10.4. The van der Waals surface area contributed by atoms with Crippen LogP contribution in [0.15, 0.2) is 36.7 Å². The predicted octanol–water partition coefficient (Wildman–Crippen LogP) is 1.67. The van der Waals surface area contributed by atoms with Crippen molar-refractivity contribution < 1.29 is 40.9 Å². The van der Waals surface area contributed by atoms with E-state index in [-0.39, 0.29) is 45.5 Å². The minimum absolute atomic E-state index is 0. The number of hydrogen-bond acceptors (Lipinski definition) is 4. The summed E-state index contributed by atoms with van der Waals surface area (Å²) in [6, 6.07) is 7.54. The zero-order valence-electron chi connectivity index (χ0n) is 17.0. The average molecular weight is 428 g/mol. The first-order valence-electron chi connectivity index (χ1n) is 8.94. The standard InChI is InChI=1S/C10H12ClNO.C10H10ClNO.B.Na.H/c2*11-10-4-2-8(6-12-10)7-1-3-9(13)5-7;;;/h2,4,6-7,9,13H,1,3,5H2;2,4,6-7H,1,3,5H2;;;/q;;;+1;-1. The Morgan fingerprint density at radius 1 is 0.929 bits per heavy atom. The molecule has 0 spiro atoms. The maximum atomic E-state index is 11.0. The summed E-state index contributed by atoms with van der Waals surface area (Å²) in [7, 11) is 0. The summed E-state index contributed by atoms with van der Waals surface area (Å²) in [6.07, 6.45) is 8.64. The van der Waals surface area contributed by atoms with Crippen molar-refractivity contribution in [2.24, 2.45) is 0 Å². The van der Waals surface area contributed by atoms with Gasteiger partial charge >= 0.3 is 29.6 Å². The molecule has 3 unspecified atom stereocenters. The number of pyridine rings is 2. The van der Waals surface area contributed by atoms with Gasteiger partial charge in [0, 0.05) is 33.6 Å².